The van der Waals surface area contributed by atoms with E-state index in [9.17, 15) is 19.6 Å². The van der Waals surface area contributed by atoms with Gasteiger partial charge in [0.1, 0.15) is 17.4 Å². The van der Waals surface area contributed by atoms with Crippen molar-refractivity contribution in [3.8, 4) is 11.8 Å². The maximum absolute atomic E-state index is 12.5. The average Bonchev–Trinajstić information content (AvgIpc) is 2.89. The molecule has 0 saturated carbocycles. The Balaban J connectivity index is 1.60. The topological polar surface area (TPSA) is 105 Å². The number of anilines is 1. The number of unbranched alkanes of at least 4 members (excludes halogenated alkanes) is 1. The van der Waals surface area contributed by atoms with Gasteiger partial charge in [0.05, 0.1) is 17.7 Å². The van der Waals surface area contributed by atoms with Crippen molar-refractivity contribution in [2.75, 3.05) is 11.9 Å². The summed E-state index contributed by atoms with van der Waals surface area (Å²) in [6, 6.07) is 23.2. The molecule has 176 valence electrons. The first kappa shape index (κ1) is 24.9. The van der Waals surface area contributed by atoms with E-state index in [1.807, 2.05) is 13.0 Å². The van der Waals surface area contributed by atoms with Gasteiger partial charge in [0, 0.05) is 5.69 Å². The van der Waals surface area contributed by atoms with Crippen molar-refractivity contribution in [1.29, 1.82) is 5.26 Å². The normalized spacial score (nSPS) is 10.7. The molecule has 7 nitrogen and oxygen atoms in total. The molecule has 3 aromatic rings. The summed E-state index contributed by atoms with van der Waals surface area (Å²) < 4.78 is 10.5. The number of hydrogen-bond acceptors (Lipinski definition) is 6. The van der Waals surface area contributed by atoms with Gasteiger partial charge in [-0.15, -0.1) is 0 Å². The molecular formula is C28H24N2O5. The van der Waals surface area contributed by atoms with E-state index in [0.29, 0.717) is 34.7 Å². The van der Waals surface area contributed by atoms with Gasteiger partial charge in [0.2, 0.25) is 0 Å². The van der Waals surface area contributed by atoms with E-state index in [0.717, 1.165) is 12.8 Å². The quantitative estimate of drug-likeness (QED) is 0.148. The number of benzene rings is 3. The molecule has 0 bridgehead atoms. The largest absolute Gasteiger partial charge is 0.462 e. The molecule has 0 aliphatic heterocycles. The van der Waals surface area contributed by atoms with Crippen molar-refractivity contribution in [3.05, 3.63) is 101 Å². The summed E-state index contributed by atoms with van der Waals surface area (Å²) in [6.45, 7) is 2.37. The number of esters is 2. The number of rotatable bonds is 9. The Bertz CT molecular complexity index is 1240. The number of ether oxygens (including phenoxy) is 2. The smallest absolute Gasteiger partial charge is 0.343 e. The minimum absolute atomic E-state index is 0.109. The summed E-state index contributed by atoms with van der Waals surface area (Å²) >= 11 is 0. The summed E-state index contributed by atoms with van der Waals surface area (Å²) in [4.78, 5) is 36.7. The monoisotopic (exact) mass is 468 g/mol. The van der Waals surface area contributed by atoms with Crippen molar-refractivity contribution in [3.63, 3.8) is 0 Å². The van der Waals surface area contributed by atoms with Crippen molar-refractivity contribution >= 4 is 29.6 Å². The highest BCUT2D eigenvalue weighted by molar-refractivity contribution is 6.09. The van der Waals surface area contributed by atoms with E-state index >= 15 is 0 Å². The molecule has 0 saturated heterocycles. The van der Waals surface area contributed by atoms with Gasteiger partial charge >= 0.3 is 11.9 Å². The van der Waals surface area contributed by atoms with E-state index in [-0.39, 0.29) is 5.57 Å². The Labute approximate surface area is 203 Å². The fraction of sp³-hybridized carbons (Fsp3) is 0.143. The number of nitrogens with one attached hydrogen (secondary N) is 1. The van der Waals surface area contributed by atoms with E-state index in [4.69, 9.17) is 9.47 Å². The van der Waals surface area contributed by atoms with E-state index in [2.05, 4.69) is 5.32 Å². The molecule has 0 heterocycles. The van der Waals surface area contributed by atoms with Crippen LogP contribution >= 0.6 is 0 Å². The Morgan fingerprint density at radius 2 is 1.54 bits per heavy atom. The first-order valence-corrected chi connectivity index (χ1v) is 11.1. The number of nitrogens with zero attached hydrogens (tertiary/aromatic N) is 1. The van der Waals surface area contributed by atoms with Gasteiger partial charge in [-0.2, -0.15) is 5.26 Å². The predicted molar refractivity (Wildman–Crippen MR) is 132 cm³/mol. The van der Waals surface area contributed by atoms with Crippen LogP contribution in [0.25, 0.3) is 6.08 Å². The second kappa shape index (κ2) is 12.5. The van der Waals surface area contributed by atoms with E-state index in [1.54, 1.807) is 78.9 Å². The fourth-order valence-electron chi connectivity index (χ4n) is 2.97. The van der Waals surface area contributed by atoms with E-state index in [1.165, 1.54) is 6.08 Å². The molecule has 3 rings (SSSR count). The van der Waals surface area contributed by atoms with Crippen LogP contribution in [0.4, 0.5) is 5.69 Å². The molecule has 0 unspecified atom stereocenters. The van der Waals surface area contributed by atoms with Crippen LogP contribution < -0.4 is 10.1 Å². The van der Waals surface area contributed by atoms with Crippen LogP contribution in [0.2, 0.25) is 0 Å². The van der Waals surface area contributed by atoms with Crippen molar-refractivity contribution < 1.29 is 23.9 Å². The van der Waals surface area contributed by atoms with Crippen LogP contribution in [-0.4, -0.2) is 24.5 Å². The summed E-state index contributed by atoms with van der Waals surface area (Å²) in [6.07, 6.45) is 3.15. The molecule has 0 aromatic heterocycles. The SMILES string of the molecule is CCCCOC(=O)c1ccc(NC(=O)/C(C#N)=C/c2ccc(OC(=O)c3ccccc3)cc2)cc1. The first-order chi connectivity index (χ1) is 17.0. The second-order valence-electron chi connectivity index (χ2n) is 7.52. The summed E-state index contributed by atoms with van der Waals surface area (Å²) in [5, 5.41) is 12.1. The number of hydrogen-bond donors (Lipinski definition) is 1. The Morgan fingerprint density at radius 1 is 0.886 bits per heavy atom. The molecule has 0 radical (unpaired) electrons. The van der Waals surface area contributed by atoms with Gasteiger partial charge in [-0.25, -0.2) is 9.59 Å². The Hall–Kier alpha value is -4.70. The van der Waals surface area contributed by atoms with Gasteiger partial charge < -0.3 is 14.8 Å². The molecule has 3 aromatic carbocycles. The van der Waals surface area contributed by atoms with Crippen molar-refractivity contribution in [1.82, 2.24) is 0 Å². The lowest BCUT2D eigenvalue weighted by molar-refractivity contribution is -0.112. The van der Waals surface area contributed by atoms with Crippen LogP contribution in [0.3, 0.4) is 0 Å². The van der Waals surface area contributed by atoms with E-state index < -0.39 is 17.8 Å². The maximum Gasteiger partial charge on any atom is 0.343 e. The fourth-order valence-corrected chi connectivity index (χ4v) is 2.97. The molecular weight excluding hydrogens is 444 g/mol. The molecule has 0 aliphatic carbocycles. The summed E-state index contributed by atoms with van der Waals surface area (Å²) in [5.74, 6) is -1.16. The average molecular weight is 469 g/mol. The minimum atomic E-state index is -0.592. The molecule has 0 fully saturated rings. The van der Waals surface area contributed by atoms with Crippen molar-refractivity contribution in [2.45, 2.75) is 19.8 Å². The third kappa shape index (κ3) is 7.41. The molecule has 0 spiro atoms. The van der Waals surface area contributed by atoms with Gasteiger partial charge in [-0.1, -0.05) is 43.7 Å². The summed E-state index contributed by atoms with van der Waals surface area (Å²) in [5.41, 5.74) is 1.72. The zero-order chi connectivity index (χ0) is 25.0. The highest BCUT2D eigenvalue weighted by Crippen LogP contribution is 2.17. The van der Waals surface area contributed by atoms with Crippen LogP contribution in [0.1, 0.15) is 46.0 Å². The van der Waals surface area contributed by atoms with Gasteiger partial charge in [-0.3, -0.25) is 4.79 Å². The van der Waals surface area contributed by atoms with Crippen LogP contribution in [-0.2, 0) is 9.53 Å². The zero-order valence-electron chi connectivity index (χ0n) is 19.2. The molecule has 1 N–H and O–H groups in total. The summed E-state index contributed by atoms with van der Waals surface area (Å²) in [7, 11) is 0. The lowest BCUT2D eigenvalue weighted by Gasteiger charge is -2.07. The van der Waals surface area contributed by atoms with Crippen molar-refractivity contribution in [2.24, 2.45) is 0 Å². The second-order valence-corrected chi connectivity index (χ2v) is 7.52. The standard InChI is InChI=1S/C28H24N2O5/c1-2-3-17-34-27(32)22-11-13-24(14-12-22)30-26(31)23(19-29)18-20-9-15-25(16-10-20)35-28(33)21-7-5-4-6-8-21/h4-16,18H,2-3,17H2,1H3,(H,30,31)/b23-18+. The number of carbonyl (C=O) groups excluding carboxylic acids is 3. The highest BCUT2D eigenvalue weighted by atomic mass is 16.5. The van der Waals surface area contributed by atoms with Crippen LogP contribution in [0, 0.1) is 11.3 Å². The lowest BCUT2D eigenvalue weighted by atomic mass is 10.1. The molecule has 1 amide bonds. The lowest BCUT2D eigenvalue weighted by Crippen LogP contribution is -2.13. The Kier molecular flexibility index (Phi) is 8.92. The maximum atomic E-state index is 12.5. The molecule has 35 heavy (non-hydrogen) atoms. The predicted octanol–water partition coefficient (Wildman–Crippen LogP) is 5.41. The minimum Gasteiger partial charge on any atom is -0.462 e. The molecule has 0 aliphatic rings. The van der Waals surface area contributed by atoms with Crippen LogP contribution in [0.5, 0.6) is 5.75 Å². The van der Waals surface area contributed by atoms with Gasteiger partial charge in [0.15, 0.2) is 0 Å². The number of carbonyl (C=O) groups is 3. The number of amides is 1. The molecule has 7 heteroatoms. The third-order valence-electron chi connectivity index (χ3n) is 4.89. The third-order valence-corrected chi connectivity index (χ3v) is 4.89. The number of nitriles is 1. The van der Waals surface area contributed by atoms with Gasteiger partial charge in [0.25, 0.3) is 5.91 Å². The Morgan fingerprint density at radius 3 is 2.17 bits per heavy atom. The van der Waals surface area contributed by atoms with Gasteiger partial charge in [-0.05, 0) is 66.6 Å². The highest BCUT2D eigenvalue weighted by Gasteiger charge is 2.12. The first-order valence-electron chi connectivity index (χ1n) is 11.1. The molecule has 0 atom stereocenters. The van der Waals surface area contributed by atoms with Crippen LogP contribution in [0.15, 0.2) is 84.4 Å². The zero-order valence-corrected chi connectivity index (χ0v) is 19.2.